The van der Waals surface area contributed by atoms with Crippen molar-refractivity contribution < 1.29 is 4.74 Å². The van der Waals surface area contributed by atoms with Crippen LogP contribution < -0.4 is 10.1 Å². The topological polar surface area (TPSA) is 47.0 Å². The maximum Gasteiger partial charge on any atom is 0.139 e. The van der Waals surface area contributed by atoms with Crippen molar-refractivity contribution in [3.8, 4) is 5.75 Å². The lowest BCUT2D eigenvalue weighted by Gasteiger charge is -2.08. The van der Waals surface area contributed by atoms with Gasteiger partial charge < -0.3 is 10.1 Å². The van der Waals surface area contributed by atoms with Crippen LogP contribution in [0.2, 0.25) is 0 Å². The summed E-state index contributed by atoms with van der Waals surface area (Å²) in [7, 11) is 1.68. The molecule has 0 fully saturated rings. The van der Waals surface area contributed by atoms with Gasteiger partial charge in [-0.1, -0.05) is 12.1 Å². The van der Waals surface area contributed by atoms with Gasteiger partial charge >= 0.3 is 0 Å². The molecule has 0 saturated heterocycles. The number of ether oxygens (including phenoxy) is 1. The number of thioether (sulfide) groups is 1. The predicted molar refractivity (Wildman–Crippen MR) is 94.4 cm³/mol. The molecular formula is C16H17N3OS2. The van der Waals surface area contributed by atoms with E-state index < -0.39 is 0 Å². The Labute approximate surface area is 137 Å². The Kier molecular flexibility index (Phi) is 4.80. The molecule has 22 heavy (non-hydrogen) atoms. The molecule has 2 aromatic heterocycles. The molecule has 2 heterocycles. The molecule has 0 amide bonds. The first-order valence-electron chi connectivity index (χ1n) is 6.95. The Hall–Kier alpha value is -1.79. The molecule has 0 aliphatic heterocycles. The third kappa shape index (κ3) is 3.18. The number of anilines is 1. The molecule has 0 unspecified atom stereocenters. The Morgan fingerprint density at radius 2 is 2.05 bits per heavy atom. The molecule has 1 N–H and O–H groups in total. The van der Waals surface area contributed by atoms with E-state index in [2.05, 4.69) is 39.1 Å². The fourth-order valence-electron chi connectivity index (χ4n) is 2.25. The summed E-state index contributed by atoms with van der Waals surface area (Å²) in [5.41, 5.74) is 1.27. The van der Waals surface area contributed by atoms with Crippen molar-refractivity contribution in [2.24, 2.45) is 0 Å². The first kappa shape index (κ1) is 15.1. The van der Waals surface area contributed by atoms with Gasteiger partial charge in [0.15, 0.2) is 0 Å². The summed E-state index contributed by atoms with van der Waals surface area (Å²) in [5.74, 6) is 1.81. The molecular weight excluding hydrogens is 314 g/mol. The van der Waals surface area contributed by atoms with E-state index in [0.717, 1.165) is 34.7 Å². The van der Waals surface area contributed by atoms with Gasteiger partial charge in [-0.2, -0.15) is 0 Å². The normalized spacial score (nSPS) is 10.8. The van der Waals surface area contributed by atoms with Crippen molar-refractivity contribution in [1.29, 1.82) is 0 Å². The number of aromatic nitrogens is 2. The fourth-order valence-corrected chi connectivity index (χ4v) is 4.01. The zero-order valence-electron chi connectivity index (χ0n) is 12.5. The highest BCUT2D eigenvalue weighted by Crippen LogP contribution is 2.34. The Morgan fingerprint density at radius 1 is 1.23 bits per heavy atom. The standard InChI is InChI=1S/C16H17N3OS2/c1-20-12-5-3-11(4-6-12)7-8-17-15-14-13(21-2)9-22-16(14)19-10-18-15/h3-6,9-10H,7-8H2,1-2H3,(H,17,18,19). The minimum atomic E-state index is 0.835. The summed E-state index contributed by atoms with van der Waals surface area (Å²) in [6.45, 7) is 0.835. The van der Waals surface area contributed by atoms with E-state index in [-0.39, 0.29) is 0 Å². The molecule has 0 radical (unpaired) electrons. The van der Waals surface area contributed by atoms with Crippen LogP contribution in [0.3, 0.4) is 0 Å². The molecule has 3 aromatic rings. The van der Waals surface area contributed by atoms with Crippen LogP contribution in [0, 0.1) is 0 Å². The van der Waals surface area contributed by atoms with E-state index in [9.17, 15) is 0 Å². The molecule has 0 aliphatic rings. The highest BCUT2D eigenvalue weighted by Gasteiger charge is 2.10. The number of rotatable bonds is 6. The van der Waals surface area contributed by atoms with Crippen LogP contribution in [0.1, 0.15) is 5.56 Å². The average molecular weight is 331 g/mol. The predicted octanol–water partition coefficient (Wildman–Crippen LogP) is 4.08. The number of hydrogen-bond donors (Lipinski definition) is 1. The largest absolute Gasteiger partial charge is 0.497 e. The number of methoxy groups -OCH3 is 1. The van der Waals surface area contributed by atoms with Gasteiger partial charge in [-0.15, -0.1) is 23.1 Å². The lowest BCUT2D eigenvalue weighted by Crippen LogP contribution is -2.06. The molecule has 0 saturated carbocycles. The zero-order valence-corrected chi connectivity index (χ0v) is 14.1. The van der Waals surface area contributed by atoms with Crippen molar-refractivity contribution in [1.82, 2.24) is 9.97 Å². The van der Waals surface area contributed by atoms with Gasteiger partial charge in [-0.25, -0.2) is 9.97 Å². The van der Waals surface area contributed by atoms with Gasteiger partial charge in [0.1, 0.15) is 22.7 Å². The van der Waals surface area contributed by atoms with Crippen molar-refractivity contribution in [2.45, 2.75) is 11.3 Å². The monoisotopic (exact) mass is 331 g/mol. The van der Waals surface area contributed by atoms with Gasteiger partial charge in [0, 0.05) is 16.8 Å². The summed E-state index contributed by atoms with van der Waals surface area (Å²) in [5, 5.41) is 6.71. The van der Waals surface area contributed by atoms with E-state index in [1.807, 2.05) is 12.1 Å². The number of fused-ring (bicyclic) bond motifs is 1. The van der Waals surface area contributed by atoms with Gasteiger partial charge in [0.2, 0.25) is 0 Å². The Morgan fingerprint density at radius 3 is 2.77 bits per heavy atom. The lowest BCUT2D eigenvalue weighted by molar-refractivity contribution is 0.414. The number of benzene rings is 1. The molecule has 0 atom stereocenters. The molecule has 114 valence electrons. The third-order valence-corrected chi connectivity index (χ3v) is 5.22. The van der Waals surface area contributed by atoms with E-state index in [4.69, 9.17) is 4.74 Å². The molecule has 0 aliphatic carbocycles. The summed E-state index contributed by atoms with van der Waals surface area (Å²) in [6, 6.07) is 8.16. The molecule has 6 heteroatoms. The zero-order chi connectivity index (χ0) is 15.4. The van der Waals surface area contributed by atoms with Crippen molar-refractivity contribution in [2.75, 3.05) is 25.2 Å². The minimum Gasteiger partial charge on any atom is -0.497 e. The van der Waals surface area contributed by atoms with Gasteiger partial charge in [-0.3, -0.25) is 0 Å². The van der Waals surface area contributed by atoms with Crippen LogP contribution in [-0.4, -0.2) is 29.9 Å². The first-order valence-corrected chi connectivity index (χ1v) is 9.05. The second kappa shape index (κ2) is 6.98. The number of thiophene rings is 1. The highest BCUT2D eigenvalue weighted by atomic mass is 32.2. The van der Waals surface area contributed by atoms with Crippen LogP contribution in [0.25, 0.3) is 10.2 Å². The van der Waals surface area contributed by atoms with Crippen molar-refractivity contribution >= 4 is 39.1 Å². The van der Waals surface area contributed by atoms with Crippen molar-refractivity contribution in [3.05, 3.63) is 41.5 Å². The summed E-state index contributed by atoms with van der Waals surface area (Å²) in [4.78, 5) is 11.0. The van der Waals surface area contributed by atoms with Crippen LogP contribution >= 0.6 is 23.1 Å². The van der Waals surface area contributed by atoms with Crippen LogP contribution in [-0.2, 0) is 6.42 Å². The number of nitrogens with one attached hydrogen (secondary N) is 1. The van der Waals surface area contributed by atoms with E-state index in [0.29, 0.717) is 0 Å². The summed E-state index contributed by atoms with van der Waals surface area (Å²) in [6.07, 6.45) is 4.64. The fraction of sp³-hybridized carbons (Fsp3) is 0.250. The second-order valence-electron chi connectivity index (χ2n) is 4.73. The van der Waals surface area contributed by atoms with Gasteiger partial charge in [-0.05, 0) is 30.4 Å². The smallest absolute Gasteiger partial charge is 0.139 e. The molecule has 0 bridgehead atoms. The van der Waals surface area contributed by atoms with Gasteiger partial charge in [0.05, 0.1) is 12.5 Å². The third-order valence-electron chi connectivity index (χ3n) is 3.42. The van der Waals surface area contributed by atoms with E-state index in [1.54, 1.807) is 36.5 Å². The molecule has 1 aromatic carbocycles. The van der Waals surface area contributed by atoms with Gasteiger partial charge in [0.25, 0.3) is 0 Å². The van der Waals surface area contributed by atoms with Crippen LogP contribution in [0.5, 0.6) is 5.75 Å². The number of hydrogen-bond acceptors (Lipinski definition) is 6. The van der Waals surface area contributed by atoms with E-state index >= 15 is 0 Å². The van der Waals surface area contributed by atoms with Crippen molar-refractivity contribution in [3.63, 3.8) is 0 Å². The Bertz CT molecular complexity index is 756. The molecule has 3 rings (SSSR count). The second-order valence-corrected chi connectivity index (χ2v) is 6.44. The quantitative estimate of drug-likeness (QED) is 0.690. The summed E-state index contributed by atoms with van der Waals surface area (Å²) >= 11 is 3.39. The minimum absolute atomic E-state index is 0.835. The molecule has 0 spiro atoms. The lowest BCUT2D eigenvalue weighted by atomic mass is 10.1. The highest BCUT2D eigenvalue weighted by molar-refractivity contribution is 7.99. The average Bonchev–Trinajstić information content (AvgIpc) is 2.99. The first-order chi connectivity index (χ1) is 10.8. The summed E-state index contributed by atoms with van der Waals surface area (Å²) < 4.78 is 5.17. The maximum absolute atomic E-state index is 5.17. The SMILES string of the molecule is COc1ccc(CCNc2ncnc3scc(SC)c23)cc1. The van der Waals surface area contributed by atoms with Crippen LogP contribution in [0.4, 0.5) is 5.82 Å². The maximum atomic E-state index is 5.17. The number of nitrogens with zero attached hydrogens (tertiary/aromatic N) is 2. The van der Waals surface area contributed by atoms with Crippen LogP contribution in [0.15, 0.2) is 40.9 Å². The van der Waals surface area contributed by atoms with E-state index in [1.165, 1.54) is 10.5 Å². The molecule has 4 nitrogen and oxygen atoms in total. The Balaban J connectivity index is 1.69.